The Morgan fingerprint density at radius 1 is 1.14 bits per heavy atom. The molecular formula is C23H29ClN4O6S. The van der Waals surface area contributed by atoms with E-state index in [1.54, 1.807) is 45.0 Å². The maximum atomic E-state index is 13.5. The molecule has 0 bridgehead atoms. The van der Waals surface area contributed by atoms with Gasteiger partial charge in [-0.2, -0.15) is 0 Å². The molecular weight excluding hydrogens is 496 g/mol. The van der Waals surface area contributed by atoms with Crippen LogP contribution in [0, 0.1) is 17.0 Å². The van der Waals surface area contributed by atoms with Crippen LogP contribution in [-0.4, -0.2) is 54.9 Å². The molecule has 0 heterocycles. The highest BCUT2D eigenvalue weighted by Gasteiger charge is 2.31. The van der Waals surface area contributed by atoms with Gasteiger partial charge in [0.1, 0.15) is 12.6 Å². The maximum absolute atomic E-state index is 13.5. The van der Waals surface area contributed by atoms with Gasteiger partial charge in [-0.3, -0.25) is 24.0 Å². The van der Waals surface area contributed by atoms with Gasteiger partial charge < -0.3 is 10.2 Å². The lowest BCUT2D eigenvalue weighted by Crippen LogP contribution is -2.52. The number of non-ortho nitro benzene ring substituents is 1. The van der Waals surface area contributed by atoms with Gasteiger partial charge in [-0.05, 0) is 44.9 Å². The standard InChI is InChI=1S/C23H29ClN4O6S/c1-15(2)25-23(30)17(4)26(13-18-8-6-7-9-20(18)24)22(29)14-27(35(5,33)34)21-12-19(28(31)32)11-10-16(21)3/h6-12,15,17H,13-14H2,1-5H3,(H,25,30). The first-order valence-electron chi connectivity index (χ1n) is 10.8. The highest BCUT2D eigenvalue weighted by Crippen LogP contribution is 2.28. The summed E-state index contributed by atoms with van der Waals surface area (Å²) in [5.74, 6) is -1.09. The highest BCUT2D eigenvalue weighted by molar-refractivity contribution is 7.92. The van der Waals surface area contributed by atoms with Crippen molar-refractivity contribution in [3.05, 3.63) is 68.7 Å². The van der Waals surface area contributed by atoms with Crippen molar-refractivity contribution in [1.82, 2.24) is 10.2 Å². The SMILES string of the molecule is Cc1ccc([N+](=O)[O-])cc1N(CC(=O)N(Cc1ccccc1Cl)C(C)C(=O)NC(C)C)S(C)(=O)=O. The lowest BCUT2D eigenvalue weighted by atomic mass is 10.1. The third-order valence-corrected chi connectivity index (χ3v) is 6.74. The van der Waals surface area contributed by atoms with Crippen LogP contribution >= 0.6 is 11.6 Å². The second kappa shape index (κ2) is 11.5. The van der Waals surface area contributed by atoms with E-state index < -0.39 is 39.3 Å². The van der Waals surface area contributed by atoms with Crippen molar-refractivity contribution >= 4 is 44.8 Å². The van der Waals surface area contributed by atoms with Gasteiger partial charge in [0.2, 0.25) is 21.8 Å². The fourth-order valence-electron chi connectivity index (χ4n) is 3.37. The molecule has 12 heteroatoms. The van der Waals surface area contributed by atoms with Crippen molar-refractivity contribution in [2.45, 2.75) is 46.3 Å². The van der Waals surface area contributed by atoms with Crippen LogP contribution in [-0.2, 0) is 26.2 Å². The number of benzene rings is 2. The average molecular weight is 525 g/mol. The Labute approximate surface area is 210 Å². The number of nitrogens with one attached hydrogen (secondary N) is 1. The number of halogens is 1. The molecule has 0 radical (unpaired) electrons. The molecule has 0 saturated heterocycles. The van der Waals surface area contributed by atoms with Crippen LogP contribution in [0.3, 0.4) is 0 Å². The Hall–Kier alpha value is -3.18. The number of hydrogen-bond donors (Lipinski definition) is 1. The number of anilines is 1. The van der Waals surface area contributed by atoms with E-state index in [0.717, 1.165) is 16.6 Å². The summed E-state index contributed by atoms with van der Waals surface area (Å²) in [6, 6.07) is 9.45. The van der Waals surface area contributed by atoms with Crippen LogP contribution < -0.4 is 9.62 Å². The van der Waals surface area contributed by atoms with E-state index in [0.29, 0.717) is 16.1 Å². The first-order valence-corrected chi connectivity index (χ1v) is 13.0. The molecule has 2 aromatic rings. The predicted octanol–water partition coefficient (Wildman–Crippen LogP) is 3.26. The number of amides is 2. The average Bonchev–Trinajstić information content (AvgIpc) is 2.75. The predicted molar refractivity (Wildman–Crippen MR) is 135 cm³/mol. The minimum Gasteiger partial charge on any atom is -0.352 e. The van der Waals surface area contributed by atoms with Crippen molar-refractivity contribution in [3.8, 4) is 0 Å². The molecule has 1 atom stereocenters. The van der Waals surface area contributed by atoms with Crippen molar-refractivity contribution in [1.29, 1.82) is 0 Å². The van der Waals surface area contributed by atoms with Crippen LogP contribution in [0.2, 0.25) is 5.02 Å². The van der Waals surface area contributed by atoms with Gasteiger partial charge in [-0.25, -0.2) is 8.42 Å². The summed E-state index contributed by atoms with van der Waals surface area (Å²) in [5.41, 5.74) is 0.692. The van der Waals surface area contributed by atoms with Crippen molar-refractivity contribution in [3.63, 3.8) is 0 Å². The quantitative estimate of drug-likeness (QED) is 0.375. The number of aryl methyl sites for hydroxylation is 1. The van der Waals surface area contributed by atoms with Gasteiger partial charge in [-0.15, -0.1) is 0 Å². The molecule has 1 N–H and O–H groups in total. The van der Waals surface area contributed by atoms with Gasteiger partial charge >= 0.3 is 0 Å². The van der Waals surface area contributed by atoms with Crippen LogP contribution in [0.25, 0.3) is 0 Å². The third-order valence-electron chi connectivity index (χ3n) is 5.25. The number of rotatable bonds is 10. The molecule has 2 amide bonds. The summed E-state index contributed by atoms with van der Waals surface area (Å²) < 4.78 is 26.1. The van der Waals surface area contributed by atoms with Gasteiger partial charge in [0.05, 0.1) is 16.9 Å². The highest BCUT2D eigenvalue weighted by atomic mass is 35.5. The summed E-state index contributed by atoms with van der Waals surface area (Å²) in [5, 5.41) is 14.4. The number of nitro groups is 1. The Morgan fingerprint density at radius 3 is 2.31 bits per heavy atom. The molecule has 0 aliphatic rings. The topological polar surface area (TPSA) is 130 Å². The number of nitro benzene ring substituents is 1. The Kier molecular flexibility index (Phi) is 9.22. The summed E-state index contributed by atoms with van der Waals surface area (Å²) in [6.07, 6.45) is 0.909. The third kappa shape index (κ3) is 7.40. The van der Waals surface area contributed by atoms with Crippen LogP contribution in [0.5, 0.6) is 0 Å². The van der Waals surface area contributed by atoms with Crippen molar-refractivity contribution in [2.24, 2.45) is 0 Å². The first kappa shape index (κ1) is 28.1. The number of nitrogens with zero attached hydrogens (tertiary/aromatic N) is 3. The second-order valence-corrected chi connectivity index (χ2v) is 10.8. The van der Waals surface area contributed by atoms with E-state index in [2.05, 4.69) is 5.32 Å². The zero-order chi connectivity index (χ0) is 26.5. The van der Waals surface area contributed by atoms with Crippen LogP contribution in [0.4, 0.5) is 11.4 Å². The first-order chi connectivity index (χ1) is 16.2. The molecule has 1 unspecified atom stereocenters. The number of carbonyl (C=O) groups is 2. The molecule has 2 rings (SSSR count). The zero-order valence-electron chi connectivity index (χ0n) is 20.2. The monoisotopic (exact) mass is 524 g/mol. The molecule has 0 fully saturated rings. The summed E-state index contributed by atoms with van der Waals surface area (Å²) >= 11 is 6.28. The molecule has 0 saturated carbocycles. The number of carbonyl (C=O) groups excluding carboxylic acids is 2. The van der Waals surface area contributed by atoms with Crippen molar-refractivity contribution < 1.29 is 22.9 Å². The largest absolute Gasteiger partial charge is 0.352 e. The van der Waals surface area contributed by atoms with Crippen molar-refractivity contribution in [2.75, 3.05) is 17.1 Å². The maximum Gasteiger partial charge on any atom is 0.271 e. The van der Waals surface area contributed by atoms with E-state index in [4.69, 9.17) is 11.6 Å². The summed E-state index contributed by atoms with van der Waals surface area (Å²) in [7, 11) is -4.02. The van der Waals surface area contributed by atoms with E-state index >= 15 is 0 Å². The molecule has 0 aromatic heterocycles. The fourth-order valence-corrected chi connectivity index (χ4v) is 4.47. The summed E-state index contributed by atoms with van der Waals surface area (Å²) in [4.78, 5) is 38.1. The molecule has 2 aromatic carbocycles. The van der Waals surface area contributed by atoms with Gasteiger partial charge in [0.15, 0.2) is 0 Å². The van der Waals surface area contributed by atoms with Gasteiger partial charge in [-0.1, -0.05) is 35.9 Å². The van der Waals surface area contributed by atoms with Gasteiger partial charge in [0, 0.05) is 29.7 Å². The summed E-state index contributed by atoms with van der Waals surface area (Å²) in [6.45, 7) is 5.97. The smallest absolute Gasteiger partial charge is 0.271 e. The van der Waals surface area contributed by atoms with E-state index in [9.17, 15) is 28.1 Å². The Bertz CT molecular complexity index is 1220. The molecule has 10 nitrogen and oxygen atoms in total. The van der Waals surface area contributed by atoms with E-state index in [1.165, 1.54) is 24.0 Å². The Morgan fingerprint density at radius 2 is 1.77 bits per heavy atom. The molecule has 0 spiro atoms. The lowest BCUT2D eigenvalue weighted by Gasteiger charge is -2.32. The zero-order valence-corrected chi connectivity index (χ0v) is 21.8. The minimum absolute atomic E-state index is 0.00651. The Balaban J connectivity index is 2.50. The second-order valence-electron chi connectivity index (χ2n) is 8.45. The lowest BCUT2D eigenvalue weighted by molar-refractivity contribution is -0.384. The number of sulfonamides is 1. The molecule has 190 valence electrons. The van der Waals surface area contributed by atoms with Crippen LogP contribution in [0.15, 0.2) is 42.5 Å². The molecule has 0 aliphatic carbocycles. The normalized spacial score (nSPS) is 12.2. The molecule has 0 aliphatic heterocycles. The minimum atomic E-state index is -4.02. The molecule has 35 heavy (non-hydrogen) atoms. The number of hydrogen-bond acceptors (Lipinski definition) is 6. The fraction of sp³-hybridized carbons (Fsp3) is 0.391. The van der Waals surface area contributed by atoms with E-state index in [-0.39, 0.29) is 24.0 Å². The van der Waals surface area contributed by atoms with Crippen LogP contribution in [0.1, 0.15) is 31.9 Å². The van der Waals surface area contributed by atoms with E-state index in [1.807, 2.05) is 0 Å². The van der Waals surface area contributed by atoms with Gasteiger partial charge in [0.25, 0.3) is 5.69 Å².